The van der Waals surface area contributed by atoms with Gasteiger partial charge in [-0.3, -0.25) is 4.57 Å². The highest BCUT2D eigenvalue weighted by Crippen LogP contribution is 2.41. The molecule has 4 heterocycles. The molecule has 0 atom stereocenters. The van der Waals surface area contributed by atoms with E-state index in [0.717, 1.165) is 38.6 Å². The van der Waals surface area contributed by atoms with Gasteiger partial charge >= 0.3 is 0 Å². The number of hydrogen-bond donors (Lipinski definition) is 0. The van der Waals surface area contributed by atoms with Gasteiger partial charge in [0.2, 0.25) is 11.7 Å². The second-order valence-corrected chi connectivity index (χ2v) is 12.1. The molecule has 5 heteroatoms. The maximum Gasteiger partial charge on any atom is 0.238 e. The number of aromatic nitrogens is 3. The van der Waals surface area contributed by atoms with Crippen LogP contribution in [0.1, 0.15) is 0 Å². The van der Waals surface area contributed by atoms with Gasteiger partial charge in [0, 0.05) is 41.9 Å². The van der Waals surface area contributed by atoms with Crippen LogP contribution in [0.3, 0.4) is 0 Å². The van der Waals surface area contributed by atoms with Crippen LogP contribution in [0, 0.1) is 0 Å². The topological polar surface area (TPSA) is 43.9 Å². The first-order valence-corrected chi connectivity index (χ1v) is 15.2. The summed E-state index contributed by atoms with van der Waals surface area (Å²) in [5.74, 6) is 0.596. The second-order valence-electron chi connectivity index (χ2n) is 11.0. The fourth-order valence-corrected chi connectivity index (χ4v) is 7.75. The highest BCUT2D eigenvalue weighted by atomic mass is 32.1. The molecule has 10 rings (SSSR count). The summed E-state index contributed by atoms with van der Waals surface area (Å²) in [6.07, 6.45) is 0. The van der Waals surface area contributed by atoms with Crippen LogP contribution < -0.4 is 0 Å². The molecular weight excluding hydrogens is 547 g/mol. The van der Waals surface area contributed by atoms with Gasteiger partial charge in [-0.1, -0.05) is 84.9 Å². The molecule has 0 aliphatic carbocycles. The van der Waals surface area contributed by atoms with Gasteiger partial charge in [-0.25, -0.2) is 4.98 Å². The summed E-state index contributed by atoms with van der Waals surface area (Å²) in [7, 11) is 0. The molecular formula is C38H21N3OS. The summed E-state index contributed by atoms with van der Waals surface area (Å²) >= 11 is 1.82. The number of para-hydroxylation sites is 2. The normalized spacial score (nSPS) is 12.2. The van der Waals surface area contributed by atoms with E-state index in [1.807, 2.05) is 29.5 Å². The summed E-state index contributed by atoms with van der Waals surface area (Å²) in [5, 5.41) is 9.19. The molecule has 0 unspecified atom stereocenters. The van der Waals surface area contributed by atoms with Crippen LogP contribution in [0.2, 0.25) is 0 Å². The third kappa shape index (κ3) is 3.25. The van der Waals surface area contributed by atoms with Crippen LogP contribution in [-0.4, -0.2) is 14.5 Å². The van der Waals surface area contributed by atoms with Crippen LogP contribution in [-0.2, 0) is 0 Å². The molecule has 0 N–H and O–H groups in total. The van der Waals surface area contributed by atoms with Crippen molar-refractivity contribution in [2.24, 2.45) is 0 Å². The Balaban J connectivity index is 1.34. The Morgan fingerprint density at radius 3 is 2.16 bits per heavy atom. The quantitative estimate of drug-likeness (QED) is 0.209. The Kier molecular flexibility index (Phi) is 4.57. The Morgan fingerprint density at radius 1 is 0.535 bits per heavy atom. The molecule has 200 valence electrons. The zero-order chi connectivity index (χ0) is 28.1. The Hall–Kier alpha value is -5.52. The van der Waals surface area contributed by atoms with Crippen molar-refractivity contribution >= 4 is 86.2 Å². The summed E-state index contributed by atoms with van der Waals surface area (Å²) in [5.41, 5.74) is 5.44. The van der Waals surface area contributed by atoms with E-state index < -0.39 is 0 Å². The van der Waals surface area contributed by atoms with E-state index in [0.29, 0.717) is 11.7 Å². The number of rotatable bonds is 2. The van der Waals surface area contributed by atoms with E-state index in [4.69, 9.17) is 14.4 Å². The largest absolute Gasteiger partial charge is 0.437 e. The van der Waals surface area contributed by atoms with Gasteiger partial charge in [0.25, 0.3) is 0 Å². The van der Waals surface area contributed by atoms with Crippen molar-refractivity contribution in [2.45, 2.75) is 0 Å². The summed E-state index contributed by atoms with van der Waals surface area (Å²) in [4.78, 5) is 10.5. The number of thiophene rings is 1. The minimum atomic E-state index is 0.586. The highest BCUT2D eigenvalue weighted by molar-refractivity contribution is 7.25. The predicted molar refractivity (Wildman–Crippen MR) is 179 cm³/mol. The van der Waals surface area contributed by atoms with Crippen LogP contribution in [0.5, 0.6) is 0 Å². The first-order chi connectivity index (χ1) is 21.3. The third-order valence-electron chi connectivity index (χ3n) is 8.62. The monoisotopic (exact) mass is 567 g/mol. The molecule has 0 aliphatic heterocycles. The molecule has 0 saturated heterocycles. The zero-order valence-corrected chi connectivity index (χ0v) is 23.6. The summed E-state index contributed by atoms with van der Waals surface area (Å²) in [6, 6.07) is 45.0. The molecule has 10 aromatic rings. The maximum atomic E-state index is 6.43. The summed E-state index contributed by atoms with van der Waals surface area (Å²) < 4.78 is 11.2. The minimum Gasteiger partial charge on any atom is -0.437 e. The van der Waals surface area contributed by atoms with Gasteiger partial charge in [0.1, 0.15) is 5.58 Å². The fraction of sp³-hybridized carbons (Fsp3) is 0. The molecule has 0 spiro atoms. The molecule has 0 radical (unpaired) electrons. The molecule has 4 nitrogen and oxygen atoms in total. The lowest BCUT2D eigenvalue weighted by molar-refractivity contribution is 0.651. The number of fused-ring (bicyclic) bond motifs is 10. The Labute approximate surface area is 249 Å². The lowest BCUT2D eigenvalue weighted by Crippen LogP contribution is -2.02. The van der Waals surface area contributed by atoms with Gasteiger partial charge in [-0.05, 0) is 53.2 Å². The standard InChI is InChI=1S/C38H21N3OS/c1-2-10-23-21-31-28(19-22(23)9-1)25-11-3-6-14-30(25)41(31)38-39-36(35-27-13-4-7-15-32(27)42-37(35)40-38)24-17-18-34-29(20-24)26-12-5-8-16-33(26)43-34/h1-21H. The van der Waals surface area contributed by atoms with Crippen molar-refractivity contribution in [1.29, 1.82) is 0 Å². The molecule has 43 heavy (non-hydrogen) atoms. The lowest BCUT2D eigenvalue weighted by atomic mass is 10.0. The van der Waals surface area contributed by atoms with E-state index in [1.54, 1.807) is 0 Å². The Morgan fingerprint density at radius 2 is 1.26 bits per heavy atom. The number of nitrogens with zero attached hydrogens (tertiary/aromatic N) is 3. The van der Waals surface area contributed by atoms with Crippen molar-refractivity contribution in [2.75, 3.05) is 0 Å². The van der Waals surface area contributed by atoms with Crippen molar-refractivity contribution in [3.8, 4) is 17.2 Å². The fourth-order valence-electron chi connectivity index (χ4n) is 6.66. The maximum absolute atomic E-state index is 6.43. The van der Waals surface area contributed by atoms with E-state index in [1.165, 1.54) is 41.7 Å². The summed E-state index contributed by atoms with van der Waals surface area (Å²) in [6.45, 7) is 0. The second kappa shape index (κ2) is 8.51. The van der Waals surface area contributed by atoms with E-state index in [2.05, 4.69) is 114 Å². The van der Waals surface area contributed by atoms with Crippen LogP contribution in [0.4, 0.5) is 0 Å². The van der Waals surface area contributed by atoms with Crippen molar-refractivity contribution in [3.05, 3.63) is 127 Å². The molecule has 4 aromatic heterocycles. The van der Waals surface area contributed by atoms with Crippen molar-refractivity contribution < 1.29 is 4.42 Å². The van der Waals surface area contributed by atoms with Gasteiger partial charge in [0.15, 0.2) is 0 Å². The van der Waals surface area contributed by atoms with Gasteiger partial charge in [0.05, 0.1) is 22.1 Å². The van der Waals surface area contributed by atoms with Crippen LogP contribution >= 0.6 is 11.3 Å². The molecule has 0 saturated carbocycles. The molecule has 0 aliphatic rings. The SMILES string of the molecule is c1ccc2cc3c(cc2c1)c1ccccc1n3-c1nc(-c2ccc3sc4ccccc4c3c2)c2c(n1)oc1ccccc12. The number of furan rings is 1. The zero-order valence-electron chi connectivity index (χ0n) is 22.8. The lowest BCUT2D eigenvalue weighted by Gasteiger charge is -2.10. The minimum absolute atomic E-state index is 0.586. The molecule has 0 amide bonds. The Bertz CT molecular complexity index is 2750. The first-order valence-electron chi connectivity index (χ1n) is 14.3. The van der Waals surface area contributed by atoms with Gasteiger partial charge in [-0.15, -0.1) is 11.3 Å². The average molecular weight is 568 g/mol. The van der Waals surface area contributed by atoms with E-state index >= 15 is 0 Å². The van der Waals surface area contributed by atoms with Gasteiger partial charge in [-0.2, -0.15) is 4.98 Å². The highest BCUT2D eigenvalue weighted by Gasteiger charge is 2.21. The van der Waals surface area contributed by atoms with Gasteiger partial charge < -0.3 is 4.42 Å². The average Bonchev–Trinajstić information content (AvgIpc) is 3.72. The van der Waals surface area contributed by atoms with Crippen LogP contribution in [0.25, 0.3) is 92.0 Å². The molecule has 0 bridgehead atoms. The van der Waals surface area contributed by atoms with Crippen molar-refractivity contribution in [1.82, 2.24) is 14.5 Å². The number of benzene rings is 6. The third-order valence-corrected chi connectivity index (χ3v) is 9.77. The van der Waals surface area contributed by atoms with E-state index in [9.17, 15) is 0 Å². The smallest absolute Gasteiger partial charge is 0.238 e. The van der Waals surface area contributed by atoms with Crippen molar-refractivity contribution in [3.63, 3.8) is 0 Å². The molecule has 0 fully saturated rings. The number of hydrogen-bond acceptors (Lipinski definition) is 4. The van der Waals surface area contributed by atoms with Crippen LogP contribution in [0.15, 0.2) is 132 Å². The van der Waals surface area contributed by atoms with E-state index in [-0.39, 0.29) is 0 Å². The first kappa shape index (κ1) is 23.1. The molecule has 6 aromatic carbocycles. The predicted octanol–water partition coefficient (Wildman–Crippen LogP) is 10.7.